The van der Waals surface area contributed by atoms with E-state index in [9.17, 15) is 28.2 Å². The van der Waals surface area contributed by atoms with Crippen molar-refractivity contribution in [1.29, 1.82) is 0 Å². The van der Waals surface area contributed by atoms with E-state index in [0.717, 1.165) is 17.7 Å². The van der Waals surface area contributed by atoms with Crippen LogP contribution in [-0.4, -0.2) is 48.1 Å². The maximum Gasteiger partial charge on any atom is 0.416 e. The molecule has 0 aliphatic heterocycles. The first kappa shape index (κ1) is 27.0. The third kappa shape index (κ3) is 8.88. The van der Waals surface area contributed by atoms with Crippen LogP contribution in [0, 0.1) is 0 Å². The molecule has 192 valence electrons. The molecule has 0 heterocycles. The number of carbonyl (C=O) groups excluding carboxylic acids is 1. The van der Waals surface area contributed by atoms with Crippen LogP contribution < -0.4 is 20.7 Å². The van der Waals surface area contributed by atoms with Gasteiger partial charge in [0.05, 0.1) is 12.2 Å². The van der Waals surface area contributed by atoms with E-state index in [0.29, 0.717) is 17.9 Å². The normalized spacial score (nSPS) is 13.0. The van der Waals surface area contributed by atoms with Crippen molar-refractivity contribution < 1.29 is 32.9 Å². The van der Waals surface area contributed by atoms with Gasteiger partial charge in [0, 0.05) is 24.0 Å². The number of urea groups is 1. The zero-order valence-corrected chi connectivity index (χ0v) is 19.3. The summed E-state index contributed by atoms with van der Waals surface area (Å²) in [5.41, 5.74) is 0.491. The van der Waals surface area contributed by atoms with Crippen LogP contribution in [0.15, 0.2) is 78.9 Å². The summed E-state index contributed by atoms with van der Waals surface area (Å²) in [4.78, 5) is 12.2. The van der Waals surface area contributed by atoms with Crippen molar-refractivity contribution in [3.63, 3.8) is 0 Å². The number of alkyl halides is 3. The molecule has 3 aromatic rings. The summed E-state index contributed by atoms with van der Waals surface area (Å²) >= 11 is 0. The van der Waals surface area contributed by atoms with E-state index in [2.05, 4.69) is 16.0 Å². The van der Waals surface area contributed by atoms with Gasteiger partial charge in [0.25, 0.3) is 0 Å². The third-order valence-electron chi connectivity index (χ3n) is 5.19. The first-order chi connectivity index (χ1) is 17.2. The second-order valence-electron chi connectivity index (χ2n) is 8.12. The van der Waals surface area contributed by atoms with E-state index in [1.807, 2.05) is 18.2 Å². The number of aliphatic hydroxyl groups excluding tert-OH is 2. The van der Waals surface area contributed by atoms with E-state index in [4.69, 9.17) is 4.74 Å². The van der Waals surface area contributed by atoms with Crippen molar-refractivity contribution in [3.8, 4) is 5.75 Å². The summed E-state index contributed by atoms with van der Waals surface area (Å²) in [6.45, 7) is 0.192. The Morgan fingerprint density at radius 3 is 2.28 bits per heavy atom. The summed E-state index contributed by atoms with van der Waals surface area (Å²) in [5, 5.41) is 27.9. The van der Waals surface area contributed by atoms with Gasteiger partial charge in [0.1, 0.15) is 18.5 Å². The SMILES string of the molecule is O=C(Nc1ccc(C[C@@H](CO)NC[C@H](O)COc2ccccc2)cc1)Nc1cccc(C(F)(F)F)c1. The number of halogens is 3. The van der Waals surface area contributed by atoms with Gasteiger partial charge in [-0.2, -0.15) is 13.2 Å². The van der Waals surface area contributed by atoms with Gasteiger partial charge in [-0.3, -0.25) is 0 Å². The van der Waals surface area contributed by atoms with Crippen molar-refractivity contribution in [2.24, 2.45) is 0 Å². The molecule has 0 bridgehead atoms. The molecule has 0 unspecified atom stereocenters. The van der Waals surface area contributed by atoms with E-state index < -0.39 is 23.9 Å². The Kier molecular flexibility index (Phi) is 9.69. The Hall–Kier alpha value is -3.60. The lowest BCUT2D eigenvalue weighted by molar-refractivity contribution is -0.137. The zero-order chi connectivity index (χ0) is 26.0. The first-order valence-electron chi connectivity index (χ1n) is 11.3. The highest BCUT2D eigenvalue weighted by atomic mass is 19.4. The number of benzene rings is 3. The zero-order valence-electron chi connectivity index (χ0n) is 19.3. The lowest BCUT2D eigenvalue weighted by atomic mass is 10.1. The molecule has 0 saturated carbocycles. The number of nitrogens with one attached hydrogen (secondary N) is 3. The Morgan fingerprint density at radius 2 is 1.61 bits per heavy atom. The van der Waals surface area contributed by atoms with Gasteiger partial charge < -0.3 is 30.9 Å². The van der Waals surface area contributed by atoms with Crippen LogP contribution in [-0.2, 0) is 12.6 Å². The van der Waals surface area contributed by atoms with E-state index in [1.54, 1.807) is 36.4 Å². The number of hydrogen-bond donors (Lipinski definition) is 5. The van der Waals surface area contributed by atoms with E-state index in [-0.39, 0.29) is 31.5 Å². The topological polar surface area (TPSA) is 103 Å². The smallest absolute Gasteiger partial charge is 0.416 e. The number of ether oxygens (including phenoxy) is 1. The van der Waals surface area contributed by atoms with Gasteiger partial charge in [-0.05, 0) is 54.4 Å². The Labute approximate surface area is 206 Å². The fraction of sp³-hybridized carbons (Fsp3) is 0.269. The number of aliphatic hydroxyl groups is 2. The minimum atomic E-state index is -4.50. The minimum Gasteiger partial charge on any atom is -0.491 e. The van der Waals surface area contributed by atoms with Crippen molar-refractivity contribution in [1.82, 2.24) is 5.32 Å². The summed E-state index contributed by atoms with van der Waals surface area (Å²) in [6, 6.07) is 19.3. The van der Waals surface area contributed by atoms with Crippen LogP contribution in [0.1, 0.15) is 11.1 Å². The van der Waals surface area contributed by atoms with Crippen molar-refractivity contribution in [3.05, 3.63) is 90.0 Å². The second kappa shape index (κ2) is 12.9. The molecule has 3 rings (SSSR count). The van der Waals surface area contributed by atoms with Crippen molar-refractivity contribution >= 4 is 17.4 Å². The molecule has 3 aromatic carbocycles. The maximum atomic E-state index is 12.8. The van der Waals surface area contributed by atoms with Crippen LogP contribution in [0.3, 0.4) is 0 Å². The number of amides is 2. The van der Waals surface area contributed by atoms with Crippen molar-refractivity contribution in [2.45, 2.75) is 24.7 Å². The minimum absolute atomic E-state index is 0.0205. The standard InChI is InChI=1S/C26H28F3N3O4/c27-26(28,29)19-5-4-6-21(14-19)32-25(35)31-20-11-9-18(10-12-20)13-22(16-33)30-15-23(34)17-36-24-7-2-1-3-8-24/h1-12,14,22-23,30,33-34H,13,15-17H2,(H2,31,32,35)/t22-,23-/m0/s1. The Balaban J connectivity index is 1.44. The number of para-hydroxylation sites is 1. The lowest BCUT2D eigenvalue weighted by Gasteiger charge is -2.19. The molecule has 0 radical (unpaired) electrons. The van der Waals surface area contributed by atoms with Crippen LogP contribution in [0.2, 0.25) is 0 Å². The average Bonchev–Trinajstić information content (AvgIpc) is 2.86. The second-order valence-corrected chi connectivity index (χ2v) is 8.12. The van der Waals surface area contributed by atoms with Gasteiger partial charge in [-0.25, -0.2) is 4.79 Å². The molecule has 0 aliphatic rings. The molecule has 0 spiro atoms. The maximum absolute atomic E-state index is 12.8. The molecule has 7 nitrogen and oxygen atoms in total. The predicted octanol–water partition coefficient (Wildman–Crippen LogP) is 4.28. The number of anilines is 2. The van der Waals surface area contributed by atoms with Gasteiger partial charge in [-0.1, -0.05) is 36.4 Å². The Bertz CT molecular complexity index is 1100. The highest BCUT2D eigenvalue weighted by Gasteiger charge is 2.30. The molecular formula is C26H28F3N3O4. The Morgan fingerprint density at radius 1 is 0.917 bits per heavy atom. The molecule has 2 atom stereocenters. The quantitative estimate of drug-likeness (QED) is 0.269. The summed E-state index contributed by atoms with van der Waals surface area (Å²) in [5.74, 6) is 0.660. The number of carbonyl (C=O) groups is 1. The van der Waals surface area contributed by atoms with E-state index >= 15 is 0 Å². The molecule has 0 aliphatic carbocycles. The molecule has 0 aromatic heterocycles. The largest absolute Gasteiger partial charge is 0.491 e. The third-order valence-corrected chi connectivity index (χ3v) is 5.19. The fourth-order valence-electron chi connectivity index (χ4n) is 3.35. The monoisotopic (exact) mass is 503 g/mol. The fourth-order valence-corrected chi connectivity index (χ4v) is 3.35. The molecule has 0 saturated heterocycles. The van der Waals surface area contributed by atoms with Crippen LogP contribution in [0.5, 0.6) is 5.75 Å². The molecule has 5 N–H and O–H groups in total. The molecule has 36 heavy (non-hydrogen) atoms. The van der Waals surface area contributed by atoms with Crippen LogP contribution in [0.4, 0.5) is 29.3 Å². The lowest BCUT2D eigenvalue weighted by Crippen LogP contribution is -2.41. The predicted molar refractivity (Wildman–Crippen MR) is 131 cm³/mol. The summed E-state index contributed by atoms with van der Waals surface area (Å²) in [7, 11) is 0. The van der Waals surface area contributed by atoms with Gasteiger partial charge in [0.15, 0.2) is 0 Å². The molecule has 0 fully saturated rings. The van der Waals surface area contributed by atoms with Crippen molar-refractivity contribution in [2.75, 3.05) is 30.4 Å². The summed E-state index contributed by atoms with van der Waals surface area (Å²) in [6.07, 6.45) is -4.79. The number of hydrogen-bond acceptors (Lipinski definition) is 5. The van der Waals surface area contributed by atoms with Gasteiger partial charge >= 0.3 is 12.2 Å². The number of rotatable bonds is 11. The highest BCUT2D eigenvalue weighted by molar-refractivity contribution is 5.99. The summed E-state index contributed by atoms with van der Waals surface area (Å²) < 4.78 is 44.0. The van der Waals surface area contributed by atoms with E-state index in [1.165, 1.54) is 12.1 Å². The van der Waals surface area contributed by atoms with Crippen LogP contribution in [0.25, 0.3) is 0 Å². The van der Waals surface area contributed by atoms with Crippen LogP contribution >= 0.6 is 0 Å². The molecular weight excluding hydrogens is 475 g/mol. The highest BCUT2D eigenvalue weighted by Crippen LogP contribution is 2.30. The molecule has 2 amide bonds. The molecule has 10 heteroatoms. The average molecular weight is 504 g/mol. The first-order valence-corrected chi connectivity index (χ1v) is 11.3. The van der Waals surface area contributed by atoms with Gasteiger partial charge in [-0.15, -0.1) is 0 Å². The van der Waals surface area contributed by atoms with Gasteiger partial charge in [0.2, 0.25) is 0 Å².